The molecule has 0 saturated heterocycles. The minimum atomic E-state index is 0.916. The van der Waals surface area contributed by atoms with Gasteiger partial charge in [0, 0.05) is 43.1 Å². The van der Waals surface area contributed by atoms with Crippen LogP contribution in [0.4, 0.5) is 0 Å². The first-order chi connectivity index (χ1) is 61.0. The Bertz CT molecular complexity index is 8540. The molecule has 3 aromatic heterocycles. The van der Waals surface area contributed by atoms with Gasteiger partial charge in [0.05, 0.1) is 0 Å². The van der Waals surface area contributed by atoms with Crippen molar-refractivity contribution in [2.75, 3.05) is 0 Å². The fourth-order valence-corrected chi connectivity index (χ4v) is 19.7. The third kappa shape index (κ3) is 12.0. The van der Waals surface area contributed by atoms with E-state index in [0.29, 0.717) is 0 Å². The number of fused-ring (bicyclic) bond motifs is 20. The van der Waals surface area contributed by atoms with Crippen LogP contribution in [-0.4, -0.2) is 0 Å². The molecule has 0 unspecified atom stereocenters. The van der Waals surface area contributed by atoms with Gasteiger partial charge >= 0.3 is 0 Å². The molecule has 0 saturated carbocycles. The van der Waals surface area contributed by atoms with Crippen molar-refractivity contribution in [2.45, 2.75) is 0 Å². The summed E-state index contributed by atoms with van der Waals surface area (Å²) in [5.74, 6) is 0. The van der Waals surface area contributed by atoms with Gasteiger partial charge in [0.15, 0.2) is 0 Å². The summed E-state index contributed by atoms with van der Waals surface area (Å²) in [6, 6.07) is 161. The quantitative estimate of drug-likeness (QED) is 0.142. The molecule has 0 spiro atoms. The molecule has 0 aliphatic carbocycles. The Morgan fingerprint density at radius 3 is 0.699 bits per heavy atom. The molecule has 0 radical (unpaired) electrons. The lowest BCUT2D eigenvalue weighted by Crippen LogP contribution is -1.91. The predicted octanol–water partition coefficient (Wildman–Crippen LogP) is 34.5. The van der Waals surface area contributed by atoms with Gasteiger partial charge in [-0.2, -0.15) is 0 Å². The molecular formula is C120H74O3. The minimum absolute atomic E-state index is 0.916. The maximum Gasteiger partial charge on any atom is 0.143 e. The van der Waals surface area contributed by atoms with Crippen LogP contribution >= 0.6 is 0 Å². The lowest BCUT2D eigenvalue weighted by molar-refractivity contribution is 0.669. The highest BCUT2D eigenvalue weighted by Crippen LogP contribution is 2.50. The first kappa shape index (κ1) is 71.0. The summed E-state index contributed by atoms with van der Waals surface area (Å²) in [5.41, 5.74) is 25.4. The lowest BCUT2D eigenvalue weighted by Gasteiger charge is -2.18. The molecule has 26 aromatic rings. The van der Waals surface area contributed by atoms with Gasteiger partial charge in [-0.1, -0.05) is 388 Å². The molecule has 0 atom stereocenters. The van der Waals surface area contributed by atoms with E-state index in [-0.39, 0.29) is 0 Å². The predicted molar refractivity (Wildman–Crippen MR) is 522 cm³/mol. The molecule has 572 valence electrons. The van der Waals surface area contributed by atoms with E-state index in [9.17, 15) is 0 Å². The zero-order chi connectivity index (χ0) is 81.0. The zero-order valence-electron chi connectivity index (χ0n) is 66.9. The Morgan fingerprint density at radius 2 is 0.333 bits per heavy atom. The molecule has 23 aromatic carbocycles. The summed E-state index contributed by atoms with van der Waals surface area (Å²) < 4.78 is 19.1. The van der Waals surface area contributed by atoms with E-state index >= 15 is 0 Å². The Morgan fingerprint density at radius 1 is 0.106 bits per heavy atom. The summed E-state index contributed by atoms with van der Waals surface area (Å²) in [4.78, 5) is 0. The lowest BCUT2D eigenvalue weighted by atomic mass is 9.85. The summed E-state index contributed by atoms with van der Waals surface area (Å²) in [5, 5.41) is 29.2. The maximum absolute atomic E-state index is 6.45. The van der Waals surface area contributed by atoms with Crippen molar-refractivity contribution in [3.05, 3.63) is 449 Å². The molecule has 3 heterocycles. The van der Waals surface area contributed by atoms with E-state index < -0.39 is 0 Å². The molecule has 3 heteroatoms. The number of furan rings is 3. The Balaban J connectivity index is 0.000000104. The van der Waals surface area contributed by atoms with Crippen LogP contribution in [0.5, 0.6) is 0 Å². The van der Waals surface area contributed by atoms with E-state index in [1.54, 1.807) is 0 Å². The van der Waals surface area contributed by atoms with Gasteiger partial charge < -0.3 is 13.3 Å². The average molecular weight is 1560 g/mol. The highest BCUT2D eigenvalue weighted by Gasteiger charge is 2.24. The van der Waals surface area contributed by atoms with Gasteiger partial charge in [-0.3, -0.25) is 0 Å². The number of hydrogen-bond donors (Lipinski definition) is 0. The standard InChI is InChI=1S/2C42H26O.C36H22O/c1-2-10-27(11-3-1)28-18-20-30(21-19-28)40-33-14-6-8-16-35(33)41(36-17-9-7-15-34(36)40)31-23-25-39-38(26-31)37-24-22-29-12-4-5-13-32(29)42(37)43-39;1-2-10-28(11-3-1)41-33-14-6-8-16-35(33)42(36-17-9-7-15-34(36)41)29-20-18-27(19-21-29)32-22-23-39-37(25-32)38-24-30-12-4-5-13-31(30)26-40(38)43-39;1-2-11-24(12-3-1)34-27-14-6-8-16-29(27)35(30-17-9-7-15-28(30)34)25-19-21-33-32(22-25)31-20-18-23-10-4-5-13-26(23)36(31)37-33/h2*1-26H;1-22H. The molecule has 26 rings (SSSR count). The van der Waals surface area contributed by atoms with Crippen LogP contribution < -0.4 is 0 Å². The highest BCUT2D eigenvalue weighted by molar-refractivity contribution is 6.27. The maximum atomic E-state index is 6.45. The van der Waals surface area contributed by atoms with Crippen LogP contribution in [0.15, 0.2) is 462 Å². The monoisotopic (exact) mass is 1560 g/mol. The van der Waals surface area contributed by atoms with Crippen LogP contribution in [0.1, 0.15) is 0 Å². The van der Waals surface area contributed by atoms with Crippen molar-refractivity contribution >= 4 is 163 Å². The number of hydrogen-bond acceptors (Lipinski definition) is 3. The third-order valence-electron chi connectivity index (χ3n) is 25.3. The van der Waals surface area contributed by atoms with Crippen LogP contribution in [-0.2, 0) is 0 Å². The number of benzene rings is 23. The second kappa shape index (κ2) is 29.4. The zero-order valence-corrected chi connectivity index (χ0v) is 66.9. The highest BCUT2D eigenvalue weighted by atomic mass is 16.3. The van der Waals surface area contributed by atoms with E-state index in [4.69, 9.17) is 13.3 Å². The fraction of sp³-hybridized carbons (Fsp3) is 0. The van der Waals surface area contributed by atoms with Crippen LogP contribution in [0.25, 0.3) is 252 Å². The molecule has 0 aliphatic heterocycles. The minimum Gasteiger partial charge on any atom is -0.456 e. The Kier molecular flexibility index (Phi) is 17.0. The molecule has 123 heavy (non-hydrogen) atoms. The van der Waals surface area contributed by atoms with Gasteiger partial charge in [0.2, 0.25) is 0 Å². The molecule has 0 N–H and O–H groups in total. The van der Waals surface area contributed by atoms with Crippen molar-refractivity contribution in [3.63, 3.8) is 0 Å². The van der Waals surface area contributed by atoms with Crippen molar-refractivity contribution in [1.82, 2.24) is 0 Å². The van der Waals surface area contributed by atoms with E-state index in [0.717, 1.165) is 76.6 Å². The molecule has 0 aliphatic rings. The van der Waals surface area contributed by atoms with Gasteiger partial charge in [-0.25, -0.2) is 0 Å². The average Bonchev–Trinajstić information content (AvgIpc) is 1.26. The van der Waals surface area contributed by atoms with Crippen molar-refractivity contribution < 1.29 is 13.3 Å². The van der Waals surface area contributed by atoms with E-state index in [1.807, 2.05) is 0 Å². The fourth-order valence-electron chi connectivity index (χ4n) is 19.7. The number of rotatable bonds is 8. The van der Waals surface area contributed by atoms with Crippen molar-refractivity contribution in [1.29, 1.82) is 0 Å². The summed E-state index contributed by atoms with van der Waals surface area (Å²) >= 11 is 0. The smallest absolute Gasteiger partial charge is 0.143 e. The van der Waals surface area contributed by atoms with Gasteiger partial charge in [0.25, 0.3) is 0 Å². The first-order valence-corrected chi connectivity index (χ1v) is 42.2. The van der Waals surface area contributed by atoms with Crippen LogP contribution in [0, 0.1) is 0 Å². The summed E-state index contributed by atoms with van der Waals surface area (Å²) in [6.07, 6.45) is 0. The third-order valence-corrected chi connectivity index (χ3v) is 25.3. The molecule has 0 fully saturated rings. The van der Waals surface area contributed by atoms with Crippen LogP contribution in [0.3, 0.4) is 0 Å². The van der Waals surface area contributed by atoms with E-state index in [2.05, 4.69) is 449 Å². The Hall–Kier alpha value is -16.2. The van der Waals surface area contributed by atoms with Gasteiger partial charge in [-0.15, -0.1) is 0 Å². The van der Waals surface area contributed by atoms with Gasteiger partial charge in [-0.05, 0) is 236 Å². The topological polar surface area (TPSA) is 39.4 Å². The second-order valence-electron chi connectivity index (χ2n) is 32.2. The molecular weight excluding hydrogens is 1490 g/mol. The second-order valence-corrected chi connectivity index (χ2v) is 32.2. The Labute approximate surface area is 709 Å². The summed E-state index contributed by atoms with van der Waals surface area (Å²) in [6.45, 7) is 0. The normalized spacial score (nSPS) is 11.7. The SMILES string of the molecule is c1ccc(-c2c3ccccc3c(-c3ccc(-c4ccc5oc6cc7ccccc7cc6c5c4)cc3)c3ccccc23)cc1.c1ccc(-c2c3ccccc3c(-c3ccc4oc5c6ccccc6ccc5c4c3)c3ccccc23)cc1.c1ccc(-c2ccc(-c3c4ccccc4c(-c4ccc5oc6c7ccccc7ccc6c5c4)c4ccccc34)cc2)cc1. The largest absolute Gasteiger partial charge is 0.456 e. The summed E-state index contributed by atoms with van der Waals surface area (Å²) in [7, 11) is 0. The van der Waals surface area contributed by atoms with Gasteiger partial charge in [0.1, 0.15) is 33.5 Å². The van der Waals surface area contributed by atoms with Crippen LogP contribution in [0.2, 0.25) is 0 Å². The van der Waals surface area contributed by atoms with Crippen molar-refractivity contribution in [3.8, 4) is 89.0 Å². The van der Waals surface area contributed by atoms with Crippen molar-refractivity contribution in [2.24, 2.45) is 0 Å². The van der Waals surface area contributed by atoms with E-state index in [1.165, 1.54) is 175 Å². The molecule has 0 amide bonds. The first-order valence-electron chi connectivity index (χ1n) is 42.2. The molecule has 0 bridgehead atoms. The molecule has 3 nitrogen and oxygen atoms in total.